The third-order valence-electron chi connectivity index (χ3n) is 4.46. The van der Waals surface area contributed by atoms with Gasteiger partial charge in [0, 0.05) is 18.4 Å². The summed E-state index contributed by atoms with van der Waals surface area (Å²) in [4.78, 5) is 19.4. The number of nitrogens with one attached hydrogen (secondary N) is 2. The van der Waals surface area contributed by atoms with Gasteiger partial charge in [-0.1, -0.05) is 12.1 Å². The molecule has 0 bridgehead atoms. The Hall–Kier alpha value is -2.19. The van der Waals surface area contributed by atoms with Crippen molar-refractivity contribution in [1.29, 1.82) is 0 Å². The first-order valence-electron chi connectivity index (χ1n) is 8.41. The highest BCUT2D eigenvalue weighted by atomic mass is 35.5. The van der Waals surface area contributed by atoms with Crippen LogP contribution in [0, 0.1) is 0 Å². The summed E-state index contributed by atoms with van der Waals surface area (Å²) in [6, 6.07) is 1.65. The lowest BCUT2D eigenvalue weighted by atomic mass is 9.94. The molecule has 0 unspecified atom stereocenters. The normalized spacial score (nSPS) is 15.4. The molecular formula is C16H21ClN6O2. The standard InChI is InChI=1S/C16H20N6O2.ClH/c1-2-3-13-19-16(24-21-13)11-9-18-22-12(8-14(23)20-15(11)22)10-4-6-17-7-5-10;/h8-10,17H,2-7H2,1H3,(H,20,23);1H. The van der Waals surface area contributed by atoms with Crippen LogP contribution >= 0.6 is 12.4 Å². The molecule has 0 spiro atoms. The van der Waals surface area contributed by atoms with Crippen molar-refractivity contribution < 1.29 is 4.52 Å². The Bertz CT molecular complexity index is 909. The summed E-state index contributed by atoms with van der Waals surface area (Å²) in [5.41, 5.74) is 2.08. The van der Waals surface area contributed by atoms with Crippen LogP contribution in [-0.2, 0) is 6.42 Å². The predicted octanol–water partition coefficient (Wildman–Crippen LogP) is 1.91. The Morgan fingerprint density at radius 3 is 2.92 bits per heavy atom. The highest BCUT2D eigenvalue weighted by Crippen LogP contribution is 2.27. The van der Waals surface area contributed by atoms with E-state index in [1.54, 1.807) is 16.8 Å². The molecule has 4 heterocycles. The number of hydrogen-bond donors (Lipinski definition) is 2. The van der Waals surface area contributed by atoms with Crippen LogP contribution < -0.4 is 10.9 Å². The first-order valence-corrected chi connectivity index (χ1v) is 8.41. The van der Waals surface area contributed by atoms with Crippen molar-refractivity contribution in [3.63, 3.8) is 0 Å². The Kier molecular flexibility index (Phi) is 5.19. The number of H-pyrrole nitrogens is 1. The fraction of sp³-hybridized carbons (Fsp3) is 0.500. The van der Waals surface area contributed by atoms with Gasteiger partial charge in [-0.15, -0.1) is 12.4 Å². The molecule has 25 heavy (non-hydrogen) atoms. The van der Waals surface area contributed by atoms with Crippen molar-refractivity contribution in [2.75, 3.05) is 13.1 Å². The van der Waals surface area contributed by atoms with Gasteiger partial charge in [0.2, 0.25) is 0 Å². The summed E-state index contributed by atoms with van der Waals surface area (Å²) >= 11 is 0. The fourth-order valence-electron chi connectivity index (χ4n) is 3.27. The van der Waals surface area contributed by atoms with Gasteiger partial charge in [-0.2, -0.15) is 10.1 Å². The zero-order chi connectivity index (χ0) is 16.5. The molecule has 1 saturated heterocycles. The molecule has 3 aromatic rings. The lowest BCUT2D eigenvalue weighted by Crippen LogP contribution is -2.28. The SMILES string of the molecule is CCCc1noc(-c2cnn3c(C4CCNCC4)cc(=O)[nH]c23)n1.Cl. The lowest BCUT2D eigenvalue weighted by molar-refractivity contribution is 0.422. The minimum Gasteiger partial charge on any atom is -0.334 e. The second-order valence-electron chi connectivity index (χ2n) is 6.17. The third kappa shape index (κ3) is 3.32. The molecular weight excluding hydrogens is 344 g/mol. The topological polar surface area (TPSA) is 101 Å². The molecule has 1 aliphatic rings. The molecule has 0 saturated carbocycles. The molecule has 0 aliphatic carbocycles. The van der Waals surface area contributed by atoms with Gasteiger partial charge in [-0.05, 0) is 32.4 Å². The minimum absolute atomic E-state index is 0. The molecule has 9 heteroatoms. The average molecular weight is 365 g/mol. The van der Waals surface area contributed by atoms with Crippen LogP contribution in [-0.4, -0.2) is 37.8 Å². The average Bonchev–Trinajstić information content (AvgIpc) is 3.22. The molecule has 2 N–H and O–H groups in total. The van der Waals surface area contributed by atoms with Crippen LogP contribution in [0.1, 0.15) is 43.6 Å². The molecule has 8 nitrogen and oxygen atoms in total. The molecule has 1 fully saturated rings. The number of piperidine rings is 1. The Morgan fingerprint density at radius 1 is 1.36 bits per heavy atom. The zero-order valence-electron chi connectivity index (χ0n) is 14.0. The Morgan fingerprint density at radius 2 is 2.16 bits per heavy atom. The molecule has 1 aliphatic heterocycles. The van der Waals surface area contributed by atoms with E-state index in [-0.39, 0.29) is 18.0 Å². The first-order chi connectivity index (χ1) is 11.8. The second kappa shape index (κ2) is 7.37. The molecule has 0 aromatic carbocycles. The summed E-state index contributed by atoms with van der Waals surface area (Å²) in [5.74, 6) is 1.39. The van der Waals surface area contributed by atoms with Gasteiger partial charge < -0.3 is 14.8 Å². The second-order valence-corrected chi connectivity index (χ2v) is 6.17. The van der Waals surface area contributed by atoms with Crippen LogP contribution in [0.2, 0.25) is 0 Å². The van der Waals surface area contributed by atoms with E-state index in [1.807, 2.05) is 0 Å². The smallest absolute Gasteiger partial charge is 0.263 e. The van der Waals surface area contributed by atoms with Crippen molar-refractivity contribution in [2.45, 2.75) is 38.5 Å². The van der Waals surface area contributed by atoms with Crippen molar-refractivity contribution in [3.8, 4) is 11.5 Å². The molecule has 4 rings (SSSR count). The number of hydrogen-bond acceptors (Lipinski definition) is 6. The van der Waals surface area contributed by atoms with Gasteiger partial charge in [0.1, 0.15) is 11.2 Å². The van der Waals surface area contributed by atoms with E-state index in [0.717, 1.165) is 44.5 Å². The maximum Gasteiger partial charge on any atom is 0.263 e. The zero-order valence-corrected chi connectivity index (χ0v) is 14.8. The Labute approximate surface area is 150 Å². The summed E-state index contributed by atoms with van der Waals surface area (Å²) in [7, 11) is 0. The first kappa shape index (κ1) is 17.6. The van der Waals surface area contributed by atoms with Crippen molar-refractivity contribution >= 4 is 18.1 Å². The van der Waals surface area contributed by atoms with Crippen molar-refractivity contribution in [1.82, 2.24) is 30.1 Å². The van der Waals surface area contributed by atoms with Crippen molar-refractivity contribution in [2.24, 2.45) is 0 Å². The van der Waals surface area contributed by atoms with E-state index < -0.39 is 0 Å². The predicted molar refractivity (Wildman–Crippen MR) is 95.2 cm³/mol. The molecule has 0 radical (unpaired) electrons. The maximum atomic E-state index is 12.2. The lowest BCUT2D eigenvalue weighted by Gasteiger charge is -2.23. The fourth-order valence-corrected chi connectivity index (χ4v) is 3.27. The number of rotatable bonds is 4. The van der Waals surface area contributed by atoms with Gasteiger partial charge in [0.15, 0.2) is 5.82 Å². The maximum absolute atomic E-state index is 12.2. The number of aryl methyl sites for hydroxylation is 1. The van der Waals surface area contributed by atoms with Crippen molar-refractivity contribution in [3.05, 3.63) is 34.1 Å². The number of halogens is 1. The van der Waals surface area contributed by atoms with Crippen LogP contribution in [0.5, 0.6) is 0 Å². The summed E-state index contributed by atoms with van der Waals surface area (Å²) < 4.78 is 7.15. The van der Waals surface area contributed by atoms with Crippen LogP contribution in [0.15, 0.2) is 21.6 Å². The van der Waals surface area contributed by atoms with Crippen LogP contribution in [0.4, 0.5) is 0 Å². The molecule has 134 valence electrons. The highest BCUT2D eigenvalue weighted by Gasteiger charge is 2.22. The molecule has 0 amide bonds. The number of nitrogens with zero attached hydrogens (tertiary/aromatic N) is 4. The number of fused-ring (bicyclic) bond motifs is 1. The van der Waals surface area contributed by atoms with Gasteiger partial charge >= 0.3 is 0 Å². The van der Waals surface area contributed by atoms with E-state index in [4.69, 9.17) is 4.52 Å². The summed E-state index contributed by atoms with van der Waals surface area (Å²) in [6.07, 6.45) is 5.38. The quantitative estimate of drug-likeness (QED) is 0.733. The van der Waals surface area contributed by atoms with E-state index in [1.165, 1.54) is 0 Å². The van der Waals surface area contributed by atoms with Gasteiger partial charge in [-0.3, -0.25) is 4.79 Å². The minimum atomic E-state index is -0.133. The summed E-state index contributed by atoms with van der Waals surface area (Å²) in [6.45, 7) is 3.97. The Balaban J connectivity index is 0.00000182. The highest BCUT2D eigenvalue weighted by molar-refractivity contribution is 5.85. The number of aromatic nitrogens is 5. The van der Waals surface area contributed by atoms with E-state index in [9.17, 15) is 4.79 Å². The number of aromatic amines is 1. The monoisotopic (exact) mass is 364 g/mol. The van der Waals surface area contributed by atoms with E-state index in [2.05, 4.69) is 32.5 Å². The molecule has 0 atom stereocenters. The van der Waals surface area contributed by atoms with Crippen LogP contribution in [0.3, 0.4) is 0 Å². The summed E-state index contributed by atoms with van der Waals surface area (Å²) in [5, 5.41) is 11.8. The van der Waals surface area contributed by atoms with Crippen LogP contribution in [0.25, 0.3) is 17.1 Å². The molecule has 3 aromatic heterocycles. The van der Waals surface area contributed by atoms with E-state index >= 15 is 0 Å². The van der Waals surface area contributed by atoms with Gasteiger partial charge in [0.05, 0.1) is 11.9 Å². The largest absolute Gasteiger partial charge is 0.334 e. The van der Waals surface area contributed by atoms with E-state index in [0.29, 0.717) is 28.8 Å². The van der Waals surface area contributed by atoms with Gasteiger partial charge in [0.25, 0.3) is 11.4 Å². The van der Waals surface area contributed by atoms with Gasteiger partial charge in [-0.25, -0.2) is 4.52 Å². The third-order valence-corrected chi connectivity index (χ3v) is 4.46.